The first-order valence-corrected chi connectivity index (χ1v) is 9.18. The zero-order chi connectivity index (χ0) is 18.8. The van der Waals surface area contributed by atoms with E-state index >= 15 is 0 Å². The molecule has 2 aromatic heterocycles. The maximum Gasteiger partial charge on any atom is 0.289 e. The summed E-state index contributed by atoms with van der Waals surface area (Å²) >= 11 is 0. The zero-order valence-corrected chi connectivity index (χ0v) is 15.2. The molecular formula is C20H22N4O3. The number of carbonyl (C=O) groups is 2. The lowest BCUT2D eigenvalue weighted by atomic mass is 10.0. The number of likely N-dealkylation sites (tertiary alicyclic amines) is 1. The number of carbonyl (C=O) groups excluding carboxylic acids is 2. The first-order valence-electron chi connectivity index (χ1n) is 9.18. The van der Waals surface area contributed by atoms with Crippen LogP contribution in [0.1, 0.15) is 36.4 Å². The average molecular weight is 366 g/mol. The average Bonchev–Trinajstić information content (AvgIpc) is 3.37. The summed E-state index contributed by atoms with van der Waals surface area (Å²) in [6.07, 6.45) is 4.67. The first-order chi connectivity index (χ1) is 13.1. The Hall–Kier alpha value is -3.09. The molecule has 3 aromatic rings. The summed E-state index contributed by atoms with van der Waals surface area (Å²) in [7, 11) is 0. The number of piperidine rings is 1. The van der Waals surface area contributed by atoms with Gasteiger partial charge in [-0.05, 0) is 44.0 Å². The van der Waals surface area contributed by atoms with Crippen molar-refractivity contribution in [2.45, 2.75) is 31.8 Å². The van der Waals surface area contributed by atoms with E-state index in [1.165, 1.54) is 6.26 Å². The maximum atomic E-state index is 12.7. The summed E-state index contributed by atoms with van der Waals surface area (Å²) in [6, 6.07) is 10.9. The minimum Gasteiger partial charge on any atom is -0.459 e. The van der Waals surface area contributed by atoms with Crippen molar-refractivity contribution in [1.29, 1.82) is 0 Å². The summed E-state index contributed by atoms with van der Waals surface area (Å²) in [6.45, 7) is 3.08. The van der Waals surface area contributed by atoms with E-state index in [0.717, 1.165) is 23.9 Å². The fourth-order valence-corrected chi connectivity index (χ4v) is 3.52. The number of hydrogen-bond acceptors (Lipinski definition) is 4. The molecule has 1 N–H and O–H groups in total. The second kappa shape index (κ2) is 7.26. The monoisotopic (exact) mass is 366 g/mol. The molecule has 0 aliphatic carbocycles. The smallest absolute Gasteiger partial charge is 0.289 e. The van der Waals surface area contributed by atoms with Gasteiger partial charge >= 0.3 is 0 Å². The molecule has 0 saturated carbocycles. The topological polar surface area (TPSA) is 80.4 Å². The van der Waals surface area contributed by atoms with Gasteiger partial charge in [-0.25, -0.2) is 4.98 Å². The van der Waals surface area contributed by atoms with Crippen molar-refractivity contribution in [3.63, 3.8) is 0 Å². The Labute approximate surface area is 157 Å². The number of rotatable bonds is 4. The van der Waals surface area contributed by atoms with Gasteiger partial charge < -0.3 is 19.2 Å². The van der Waals surface area contributed by atoms with Crippen LogP contribution in [0, 0.1) is 0 Å². The van der Waals surface area contributed by atoms with E-state index < -0.39 is 0 Å². The highest BCUT2D eigenvalue weighted by molar-refractivity contribution is 5.91. The maximum absolute atomic E-state index is 12.7. The van der Waals surface area contributed by atoms with Crippen molar-refractivity contribution >= 4 is 22.8 Å². The van der Waals surface area contributed by atoms with E-state index in [-0.39, 0.29) is 23.9 Å². The molecule has 1 aliphatic rings. The lowest BCUT2D eigenvalue weighted by molar-refractivity contribution is -0.124. The molecular weight excluding hydrogens is 344 g/mol. The largest absolute Gasteiger partial charge is 0.459 e. The predicted octanol–water partition coefficient (Wildman–Crippen LogP) is 2.61. The van der Waals surface area contributed by atoms with Crippen LogP contribution in [0.15, 0.2) is 53.4 Å². The summed E-state index contributed by atoms with van der Waals surface area (Å²) in [5.74, 6) is 0.232. The van der Waals surface area contributed by atoms with Crippen LogP contribution < -0.4 is 5.32 Å². The molecule has 3 heterocycles. The molecule has 1 fully saturated rings. The van der Waals surface area contributed by atoms with Crippen LogP contribution in [0.5, 0.6) is 0 Å². The number of amides is 2. The zero-order valence-electron chi connectivity index (χ0n) is 15.2. The second-order valence-electron chi connectivity index (χ2n) is 6.87. The van der Waals surface area contributed by atoms with Crippen molar-refractivity contribution in [3.8, 4) is 0 Å². The van der Waals surface area contributed by atoms with Crippen LogP contribution in [0.2, 0.25) is 0 Å². The Kier molecular flexibility index (Phi) is 4.66. The minimum absolute atomic E-state index is 0.0334. The highest BCUT2D eigenvalue weighted by Gasteiger charge is 2.27. The van der Waals surface area contributed by atoms with Crippen LogP contribution in [0.4, 0.5) is 0 Å². The molecule has 0 bridgehead atoms. The van der Waals surface area contributed by atoms with Crippen molar-refractivity contribution in [2.75, 3.05) is 13.1 Å². The number of nitrogens with zero attached hydrogens (tertiary/aromatic N) is 3. The minimum atomic E-state index is -0.347. The van der Waals surface area contributed by atoms with Gasteiger partial charge in [0.1, 0.15) is 6.04 Å². The molecule has 1 saturated heterocycles. The number of furan rings is 1. The third-order valence-electron chi connectivity index (χ3n) is 5.14. The Bertz CT molecular complexity index is 939. The summed E-state index contributed by atoms with van der Waals surface area (Å²) in [5, 5.41) is 3.12. The molecule has 1 aromatic carbocycles. The molecule has 0 spiro atoms. The molecule has 2 amide bonds. The van der Waals surface area contributed by atoms with Gasteiger partial charge in [-0.1, -0.05) is 12.1 Å². The number of imidazole rings is 1. The van der Waals surface area contributed by atoms with Gasteiger partial charge in [-0.3, -0.25) is 9.59 Å². The van der Waals surface area contributed by atoms with Crippen molar-refractivity contribution in [1.82, 2.24) is 19.8 Å². The molecule has 4 rings (SSSR count). The van der Waals surface area contributed by atoms with Gasteiger partial charge in [-0.2, -0.15) is 0 Å². The Morgan fingerprint density at radius 2 is 1.96 bits per heavy atom. The number of hydrogen-bond donors (Lipinski definition) is 1. The van der Waals surface area contributed by atoms with E-state index in [4.69, 9.17) is 4.42 Å². The van der Waals surface area contributed by atoms with E-state index in [1.807, 2.05) is 35.8 Å². The lowest BCUT2D eigenvalue weighted by Gasteiger charge is -2.32. The fourth-order valence-electron chi connectivity index (χ4n) is 3.52. The SMILES string of the molecule is C[C@H](C(=O)NC1CCN(C(=O)c2ccco2)CC1)n1cnc2ccccc21. The number of benzene rings is 1. The Morgan fingerprint density at radius 1 is 1.19 bits per heavy atom. The number of aromatic nitrogens is 2. The number of fused-ring (bicyclic) bond motifs is 1. The molecule has 0 radical (unpaired) electrons. The normalized spacial score (nSPS) is 16.4. The number of para-hydroxylation sites is 2. The van der Waals surface area contributed by atoms with Crippen LogP contribution in [-0.4, -0.2) is 45.4 Å². The summed E-state index contributed by atoms with van der Waals surface area (Å²) in [4.78, 5) is 31.1. The predicted molar refractivity (Wildman–Crippen MR) is 100 cm³/mol. The molecule has 7 nitrogen and oxygen atoms in total. The number of nitrogens with one attached hydrogen (secondary N) is 1. The molecule has 27 heavy (non-hydrogen) atoms. The van der Waals surface area contributed by atoms with Crippen molar-refractivity contribution in [3.05, 3.63) is 54.7 Å². The van der Waals surface area contributed by atoms with Gasteiger partial charge in [-0.15, -0.1) is 0 Å². The van der Waals surface area contributed by atoms with Gasteiger partial charge in [0.15, 0.2) is 5.76 Å². The lowest BCUT2D eigenvalue weighted by Crippen LogP contribution is -2.47. The molecule has 7 heteroatoms. The van der Waals surface area contributed by atoms with E-state index in [1.54, 1.807) is 23.4 Å². The van der Waals surface area contributed by atoms with E-state index in [9.17, 15) is 9.59 Å². The van der Waals surface area contributed by atoms with Gasteiger partial charge in [0.25, 0.3) is 5.91 Å². The van der Waals surface area contributed by atoms with Crippen LogP contribution in [0.25, 0.3) is 11.0 Å². The standard InChI is InChI=1S/C20H22N4O3/c1-14(24-13-21-16-5-2-3-6-17(16)24)19(25)22-15-8-10-23(11-9-15)20(26)18-7-4-12-27-18/h2-7,12-15H,8-11H2,1H3,(H,22,25)/t14-/m1/s1. The highest BCUT2D eigenvalue weighted by Crippen LogP contribution is 2.19. The fraction of sp³-hybridized carbons (Fsp3) is 0.350. The Balaban J connectivity index is 1.35. The molecule has 1 atom stereocenters. The van der Waals surface area contributed by atoms with Gasteiger partial charge in [0.2, 0.25) is 5.91 Å². The van der Waals surface area contributed by atoms with Gasteiger partial charge in [0, 0.05) is 19.1 Å². The highest BCUT2D eigenvalue weighted by atomic mass is 16.3. The second-order valence-corrected chi connectivity index (χ2v) is 6.87. The van der Waals surface area contributed by atoms with Crippen LogP contribution in [-0.2, 0) is 4.79 Å². The van der Waals surface area contributed by atoms with Crippen LogP contribution in [0.3, 0.4) is 0 Å². The quantitative estimate of drug-likeness (QED) is 0.770. The van der Waals surface area contributed by atoms with Crippen molar-refractivity contribution < 1.29 is 14.0 Å². The Morgan fingerprint density at radius 3 is 2.70 bits per heavy atom. The third kappa shape index (κ3) is 3.45. The molecule has 1 aliphatic heterocycles. The van der Waals surface area contributed by atoms with E-state index in [2.05, 4.69) is 10.3 Å². The summed E-state index contributed by atoms with van der Waals surface area (Å²) < 4.78 is 7.07. The molecule has 0 unspecified atom stereocenters. The van der Waals surface area contributed by atoms with Gasteiger partial charge in [0.05, 0.1) is 23.6 Å². The molecule has 140 valence electrons. The summed E-state index contributed by atoms with van der Waals surface area (Å²) in [5.41, 5.74) is 1.82. The third-order valence-corrected chi connectivity index (χ3v) is 5.14. The van der Waals surface area contributed by atoms with Crippen molar-refractivity contribution in [2.24, 2.45) is 0 Å². The first kappa shape index (κ1) is 17.3. The van der Waals surface area contributed by atoms with E-state index in [0.29, 0.717) is 18.8 Å². The van der Waals surface area contributed by atoms with Crippen LogP contribution >= 0.6 is 0 Å².